The first-order valence-electron chi connectivity index (χ1n) is 5.90. The second kappa shape index (κ2) is 6.27. The van der Waals surface area contributed by atoms with Gasteiger partial charge in [-0.2, -0.15) is 11.8 Å². The number of thiophene rings is 1. The summed E-state index contributed by atoms with van der Waals surface area (Å²) in [6.07, 6.45) is 4.47. The minimum atomic E-state index is 1.09. The Balaban J connectivity index is 2.15. The van der Waals surface area contributed by atoms with Crippen molar-refractivity contribution < 1.29 is 0 Å². The molecule has 90 valence electrons. The van der Waals surface area contributed by atoms with Crippen LogP contribution in [0.15, 0.2) is 35.7 Å². The summed E-state index contributed by atoms with van der Waals surface area (Å²) in [7, 11) is 0. The van der Waals surface area contributed by atoms with Gasteiger partial charge in [-0.15, -0.1) is 11.3 Å². The summed E-state index contributed by atoms with van der Waals surface area (Å²) in [4.78, 5) is 1.54. The van der Waals surface area contributed by atoms with E-state index in [-0.39, 0.29) is 0 Å². The molecule has 0 nitrogen and oxygen atoms in total. The fourth-order valence-electron chi connectivity index (χ4n) is 1.99. The fourth-order valence-corrected chi connectivity index (χ4v) is 3.52. The van der Waals surface area contributed by atoms with E-state index in [2.05, 4.69) is 48.9 Å². The first-order valence-corrected chi connectivity index (χ1v) is 8.17. The monoisotopic (exact) mass is 262 g/mol. The molecule has 0 unspecified atom stereocenters. The number of benzene rings is 1. The molecule has 0 bridgehead atoms. The molecule has 0 radical (unpaired) electrons. The lowest BCUT2D eigenvalue weighted by Gasteiger charge is -2.05. The SMILES string of the molecule is CSCCc1c(C)csc1Cc1ccccc1. The Morgan fingerprint density at radius 1 is 1.18 bits per heavy atom. The van der Waals surface area contributed by atoms with E-state index in [9.17, 15) is 0 Å². The van der Waals surface area contributed by atoms with E-state index in [0.717, 1.165) is 6.42 Å². The van der Waals surface area contributed by atoms with E-state index in [4.69, 9.17) is 0 Å². The van der Waals surface area contributed by atoms with Crippen LogP contribution in [0.5, 0.6) is 0 Å². The first kappa shape index (κ1) is 12.7. The number of aryl methyl sites for hydroxylation is 1. The second-order valence-corrected chi connectivity index (χ2v) is 6.18. The molecule has 2 rings (SSSR count). The smallest absolute Gasteiger partial charge is 0.0124 e. The van der Waals surface area contributed by atoms with Crippen LogP contribution >= 0.6 is 23.1 Å². The summed E-state index contributed by atoms with van der Waals surface area (Å²) in [6.45, 7) is 2.24. The lowest BCUT2D eigenvalue weighted by molar-refractivity contribution is 1.09. The van der Waals surface area contributed by atoms with Gasteiger partial charge in [0.2, 0.25) is 0 Å². The van der Waals surface area contributed by atoms with Crippen molar-refractivity contribution in [2.45, 2.75) is 19.8 Å². The molecule has 2 aromatic rings. The van der Waals surface area contributed by atoms with Crippen molar-refractivity contribution >= 4 is 23.1 Å². The maximum absolute atomic E-state index is 2.30. The van der Waals surface area contributed by atoms with Crippen molar-refractivity contribution in [2.24, 2.45) is 0 Å². The van der Waals surface area contributed by atoms with Crippen LogP contribution in [0.3, 0.4) is 0 Å². The summed E-state index contributed by atoms with van der Waals surface area (Å²) < 4.78 is 0. The van der Waals surface area contributed by atoms with E-state index in [1.54, 1.807) is 10.4 Å². The van der Waals surface area contributed by atoms with Gasteiger partial charge in [0.1, 0.15) is 0 Å². The number of hydrogen-bond acceptors (Lipinski definition) is 2. The van der Waals surface area contributed by atoms with Crippen LogP contribution < -0.4 is 0 Å². The van der Waals surface area contributed by atoms with Crippen LogP contribution in [0.2, 0.25) is 0 Å². The summed E-state index contributed by atoms with van der Waals surface area (Å²) in [5.74, 6) is 1.22. The van der Waals surface area contributed by atoms with Gasteiger partial charge in [0.25, 0.3) is 0 Å². The van der Waals surface area contributed by atoms with Crippen molar-refractivity contribution in [1.82, 2.24) is 0 Å². The van der Waals surface area contributed by atoms with Crippen LogP contribution in [0, 0.1) is 6.92 Å². The van der Waals surface area contributed by atoms with Gasteiger partial charge < -0.3 is 0 Å². The lowest BCUT2D eigenvalue weighted by atomic mass is 10.0. The van der Waals surface area contributed by atoms with Gasteiger partial charge >= 0.3 is 0 Å². The van der Waals surface area contributed by atoms with Gasteiger partial charge in [-0.3, -0.25) is 0 Å². The van der Waals surface area contributed by atoms with E-state index in [0.29, 0.717) is 0 Å². The number of thioether (sulfide) groups is 1. The third-order valence-corrected chi connectivity index (χ3v) is 4.71. The number of hydrogen-bond donors (Lipinski definition) is 0. The van der Waals surface area contributed by atoms with Crippen molar-refractivity contribution in [2.75, 3.05) is 12.0 Å². The van der Waals surface area contributed by atoms with Gasteiger partial charge in [-0.05, 0) is 47.4 Å². The van der Waals surface area contributed by atoms with Crippen LogP contribution in [0.4, 0.5) is 0 Å². The molecule has 0 saturated heterocycles. The summed E-state index contributed by atoms with van der Waals surface area (Å²) >= 11 is 3.84. The molecule has 0 N–H and O–H groups in total. The van der Waals surface area contributed by atoms with Crippen LogP contribution in [-0.2, 0) is 12.8 Å². The highest BCUT2D eigenvalue weighted by Crippen LogP contribution is 2.26. The quantitative estimate of drug-likeness (QED) is 0.761. The van der Waals surface area contributed by atoms with Crippen LogP contribution in [0.25, 0.3) is 0 Å². The minimum Gasteiger partial charge on any atom is -0.165 e. The largest absolute Gasteiger partial charge is 0.165 e. The molecule has 0 aliphatic rings. The summed E-state index contributed by atoms with van der Waals surface area (Å²) in [5.41, 5.74) is 4.46. The summed E-state index contributed by atoms with van der Waals surface area (Å²) in [6, 6.07) is 10.8. The Morgan fingerprint density at radius 2 is 1.94 bits per heavy atom. The van der Waals surface area contributed by atoms with Crippen LogP contribution in [0.1, 0.15) is 21.6 Å². The standard InChI is InChI=1S/C15H18S2/c1-12-11-17-15(14(12)8-9-16-2)10-13-6-4-3-5-7-13/h3-7,11H,8-10H2,1-2H3. The number of rotatable bonds is 5. The van der Waals surface area contributed by atoms with E-state index < -0.39 is 0 Å². The second-order valence-electron chi connectivity index (χ2n) is 4.23. The van der Waals surface area contributed by atoms with Crippen molar-refractivity contribution in [3.63, 3.8) is 0 Å². The Hall–Kier alpha value is -0.730. The molecule has 0 aliphatic carbocycles. The van der Waals surface area contributed by atoms with E-state index in [1.807, 2.05) is 23.1 Å². The topological polar surface area (TPSA) is 0 Å². The fraction of sp³-hybridized carbons (Fsp3) is 0.333. The molecule has 0 spiro atoms. The molecule has 0 atom stereocenters. The normalized spacial score (nSPS) is 10.7. The van der Waals surface area contributed by atoms with Gasteiger partial charge in [-0.1, -0.05) is 30.3 Å². The highest BCUT2D eigenvalue weighted by Gasteiger charge is 2.08. The van der Waals surface area contributed by atoms with E-state index >= 15 is 0 Å². The maximum atomic E-state index is 2.30. The third kappa shape index (κ3) is 3.36. The molecular formula is C15H18S2. The van der Waals surface area contributed by atoms with Crippen molar-refractivity contribution in [3.05, 3.63) is 57.3 Å². The minimum absolute atomic E-state index is 1.09. The molecular weight excluding hydrogens is 244 g/mol. The summed E-state index contributed by atoms with van der Waals surface area (Å²) in [5, 5.41) is 2.30. The molecule has 17 heavy (non-hydrogen) atoms. The Kier molecular flexibility index (Phi) is 4.69. The molecule has 1 heterocycles. The predicted molar refractivity (Wildman–Crippen MR) is 80.4 cm³/mol. The molecule has 0 fully saturated rings. The molecule has 1 aromatic heterocycles. The molecule has 1 aromatic carbocycles. The highest BCUT2D eigenvalue weighted by atomic mass is 32.2. The molecule has 0 aliphatic heterocycles. The van der Waals surface area contributed by atoms with Gasteiger partial charge in [-0.25, -0.2) is 0 Å². The zero-order valence-corrected chi connectivity index (χ0v) is 12.0. The Labute approximate surface area is 112 Å². The van der Waals surface area contributed by atoms with Gasteiger partial charge in [0.15, 0.2) is 0 Å². The lowest BCUT2D eigenvalue weighted by Crippen LogP contribution is -1.95. The van der Waals surface area contributed by atoms with Gasteiger partial charge in [0, 0.05) is 11.3 Å². The Bertz CT molecular complexity index is 457. The average Bonchev–Trinajstić information content (AvgIpc) is 2.69. The molecule has 2 heteroatoms. The first-order chi connectivity index (χ1) is 8.31. The van der Waals surface area contributed by atoms with Crippen molar-refractivity contribution in [1.29, 1.82) is 0 Å². The average molecular weight is 262 g/mol. The molecule has 0 amide bonds. The highest BCUT2D eigenvalue weighted by molar-refractivity contribution is 7.98. The Morgan fingerprint density at radius 3 is 2.65 bits per heavy atom. The van der Waals surface area contributed by atoms with Gasteiger partial charge in [0.05, 0.1) is 0 Å². The molecule has 0 saturated carbocycles. The third-order valence-electron chi connectivity index (χ3n) is 2.95. The zero-order valence-electron chi connectivity index (χ0n) is 10.4. The van der Waals surface area contributed by atoms with Crippen LogP contribution in [-0.4, -0.2) is 12.0 Å². The van der Waals surface area contributed by atoms with E-state index in [1.165, 1.54) is 23.3 Å². The zero-order chi connectivity index (χ0) is 12.1. The van der Waals surface area contributed by atoms with Crippen molar-refractivity contribution in [3.8, 4) is 0 Å². The maximum Gasteiger partial charge on any atom is 0.0124 e. The predicted octanol–water partition coefficient (Wildman–Crippen LogP) is 4.55.